The Morgan fingerprint density at radius 1 is 1.15 bits per heavy atom. The van der Waals surface area contributed by atoms with Gasteiger partial charge >= 0.3 is 5.97 Å². The summed E-state index contributed by atoms with van der Waals surface area (Å²) in [5.74, 6) is 1.32. The topological polar surface area (TPSA) is 95.3 Å². The van der Waals surface area contributed by atoms with Crippen LogP contribution in [0.1, 0.15) is 61.5 Å². The van der Waals surface area contributed by atoms with Gasteiger partial charge in [-0.15, -0.1) is 21.5 Å². The second-order valence-corrected chi connectivity index (χ2v) is 9.42. The average molecular weight is 489 g/mol. The minimum absolute atomic E-state index is 0.128. The molecule has 8 nitrogen and oxygen atoms in total. The van der Waals surface area contributed by atoms with E-state index in [0.29, 0.717) is 34.0 Å². The smallest absolute Gasteiger partial charge is 0.340 e. The summed E-state index contributed by atoms with van der Waals surface area (Å²) in [5, 5.41) is 14.2. The van der Waals surface area contributed by atoms with Crippen LogP contribution in [0.4, 0.5) is 5.00 Å². The molecule has 2 aromatic heterocycles. The Kier molecular flexibility index (Phi) is 8.51. The second-order valence-electron chi connectivity index (χ2n) is 7.56. The van der Waals surface area contributed by atoms with Gasteiger partial charge in [-0.2, -0.15) is 0 Å². The maximum atomic E-state index is 12.4. The van der Waals surface area contributed by atoms with Gasteiger partial charge in [0, 0.05) is 6.54 Å². The summed E-state index contributed by atoms with van der Waals surface area (Å²) in [6, 6.07) is 9.68. The number of methoxy groups -OCH3 is 1. The summed E-state index contributed by atoms with van der Waals surface area (Å²) in [6.45, 7) is 8.87. The van der Waals surface area contributed by atoms with Crippen molar-refractivity contribution in [1.29, 1.82) is 0 Å². The summed E-state index contributed by atoms with van der Waals surface area (Å²) in [4.78, 5) is 24.2. The van der Waals surface area contributed by atoms with Crippen LogP contribution in [-0.2, 0) is 16.1 Å². The van der Waals surface area contributed by atoms with Crippen LogP contribution >= 0.6 is 23.1 Å². The molecule has 10 heteroatoms. The van der Waals surface area contributed by atoms with E-state index in [4.69, 9.17) is 9.47 Å². The quantitative estimate of drug-likeness (QED) is 0.312. The molecule has 1 N–H and O–H groups in total. The van der Waals surface area contributed by atoms with Crippen LogP contribution in [0, 0.1) is 0 Å². The van der Waals surface area contributed by atoms with Crippen molar-refractivity contribution in [3.05, 3.63) is 52.7 Å². The summed E-state index contributed by atoms with van der Waals surface area (Å²) in [5.41, 5.74) is 1.59. The predicted octanol–water partition coefficient (Wildman–Crippen LogP) is 5.14. The highest BCUT2D eigenvalue weighted by atomic mass is 32.2. The van der Waals surface area contributed by atoms with Gasteiger partial charge in [-0.1, -0.05) is 37.7 Å². The number of aromatic nitrogens is 3. The van der Waals surface area contributed by atoms with E-state index in [0.717, 1.165) is 5.75 Å². The third kappa shape index (κ3) is 6.14. The lowest BCUT2D eigenvalue weighted by Gasteiger charge is -2.16. The fourth-order valence-electron chi connectivity index (χ4n) is 3.16. The number of anilines is 1. The van der Waals surface area contributed by atoms with Gasteiger partial charge in [0.05, 0.1) is 18.4 Å². The van der Waals surface area contributed by atoms with E-state index < -0.39 is 5.97 Å². The molecule has 1 amide bonds. The largest absolute Gasteiger partial charge is 0.483 e. The molecule has 0 bridgehead atoms. The number of amides is 1. The summed E-state index contributed by atoms with van der Waals surface area (Å²) in [6.07, 6.45) is -0.306. The second kappa shape index (κ2) is 11.3. The van der Waals surface area contributed by atoms with E-state index in [1.54, 1.807) is 11.4 Å². The fraction of sp³-hybridized carbons (Fsp3) is 0.391. The van der Waals surface area contributed by atoms with Crippen LogP contribution in [0.3, 0.4) is 0 Å². The Morgan fingerprint density at radius 3 is 2.52 bits per heavy atom. The van der Waals surface area contributed by atoms with Gasteiger partial charge in [-0.3, -0.25) is 4.79 Å². The number of carbonyl (C=O) groups is 2. The van der Waals surface area contributed by atoms with E-state index in [1.165, 1.54) is 35.8 Å². The molecule has 33 heavy (non-hydrogen) atoms. The van der Waals surface area contributed by atoms with Crippen LogP contribution in [0.2, 0.25) is 0 Å². The predicted molar refractivity (Wildman–Crippen MR) is 130 cm³/mol. The number of hydrogen-bond acceptors (Lipinski definition) is 8. The molecule has 0 radical (unpaired) electrons. The van der Waals surface area contributed by atoms with Crippen molar-refractivity contribution in [2.75, 3.05) is 18.2 Å². The van der Waals surface area contributed by atoms with Crippen LogP contribution in [-0.4, -0.2) is 39.5 Å². The zero-order valence-electron chi connectivity index (χ0n) is 19.3. The van der Waals surface area contributed by atoms with Gasteiger partial charge < -0.3 is 19.4 Å². The Morgan fingerprint density at radius 2 is 1.88 bits per heavy atom. The summed E-state index contributed by atoms with van der Waals surface area (Å²) in [7, 11) is 1.31. The lowest BCUT2D eigenvalue weighted by atomic mass is 10.0. The number of nitrogens with zero attached hydrogens (tertiary/aromatic N) is 3. The molecular weight excluding hydrogens is 460 g/mol. The van der Waals surface area contributed by atoms with Crippen molar-refractivity contribution in [1.82, 2.24) is 14.8 Å². The van der Waals surface area contributed by atoms with Gasteiger partial charge in [-0.05, 0) is 48.9 Å². The monoisotopic (exact) mass is 488 g/mol. The molecule has 1 unspecified atom stereocenters. The normalized spacial score (nSPS) is 11.9. The van der Waals surface area contributed by atoms with Gasteiger partial charge in [0.1, 0.15) is 10.8 Å². The zero-order valence-corrected chi connectivity index (χ0v) is 21.0. The van der Waals surface area contributed by atoms with Crippen LogP contribution in [0.15, 0.2) is 40.9 Å². The molecule has 2 heterocycles. The number of esters is 1. The standard InChI is InChI=1S/C23H28N4O4S2/c1-6-27-20(15(4)31-17-9-7-16(8-10-17)14(2)3)25-26-23(27)33-13-19(28)24-21-18(11-12-32-21)22(29)30-5/h7-12,14-15H,6,13H2,1-5H3,(H,24,28). The lowest BCUT2D eigenvalue weighted by molar-refractivity contribution is -0.113. The van der Waals surface area contributed by atoms with Crippen molar-refractivity contribution < 1.29 is 19.1 Å². The van der Waals surface area contributed by atoms with E-state index in [9.17, 15) is 9.59 Å². The first kappa shape index (κ1) is 24.8. The minimum atomic E-state index is -0.484. The molecule has 0 aliphatic heterocycles. The minimum Gasteiger partial charge on any atom is -0.483 e. The number of benzene rings is 1. The maximum absolute atomic E-state index is 12.4. The van der Waals surface area contributed by atoms with Crippen LogP contribution in [0.25, 0.3) is 0 Å². The molecule has 0 spiro atoms. The van der Waals surface area contributed by atoms with E-state index in [-0.39, 0.29) is 17.8 Å². The van der Waals surface area contributed by atoms with Gasteiger partial charge in [-0.25, -0.2) is 4.79 Å². The first-order chi connectivity index (χ1) is 15.8. The third-order valence-electron chi connectivity index (χ3n) is 4.94. The van der Waals surface area contributed by atoms with Crippen LogP contribution in [0.5, 0.6) is 5.75 Å². The number of nitrogens with one attached hydrogen (secondary N) is 1. The van der Waals surface area contributed by atoms with Crippen molar-refractivity contribution >= 4 is 40.0 Å². The number of thioether (sulfide) groups is 1. The molecular formula is C23H28N4O4S2. The molecule has 1 aromatic carbocycles. The molecule has 3 rings (SSSR count). The highest BCUT2D eigenvalue weighted by Crippen LogP contribution is 2.27. The first-order valence-corrected chi connectivity index (χ1v) is 12.5. The molecule has 0 aliphatic rings. The Bertz CT molecular complexity index is 1090. The molecule has 3 aromatic rings. The highest BCUT2D eigenvalue weighted by molar-refractivity contribution is 7.99. The van der Waals surface area contributed by atoms with E-state index in [2.05, 4.69) is 41.5 Å². The highest BCUT2D eigenvalue weighted by Gasteiger charge is 2.20. The number of hydrogen-bond donors (Lipinski definition) is 1. The van der Waals surface area contributed by atoms with Crippen molar-refractivity contribution in [2.24, 2.45) is 0 Å². The molecule has 0 aliphatic carbocycles. The van der Waals surface area contributed by atoms with Crippen molar-refractivity contribution in [2.45, 2.75) is 51.4 Å². The Labute approximate surface area is 201 Å². The maximum Gasteiger partial charge on any atom is 0.340 e. The fourth-order valence-corrected chi connectivity index (χ4v) is 4.76. The van der Waals surface area contributed by atoms with Crippen LogP contribution < -0.4 is 10.1 Å². The first-order valence-electron chi connectivity index (χ1n) is 10.6. The molecule has 0 fully saturated rings. The number of carbonyl (C=O) groups excluding carboxylic acids is 2. The van der Waals surface area contributed by atoms with E-state index in [1.807, 2.05) is 30.5 Å². The molecule has 0 saturated carbocycles. The Hall–Kier alpha value is -2.85. The zero-order chi connectivity index (χ0) is 24.0. The molecule has 1 atom stereocenters. The SMILES string of the molecule is CCn1c(SCC(=O)Nc2sccc2C(=O)OC)nnc1C(C)Oc1ccc(C(C)C)cc1. The average Bonchev–Trinajstić information content (AvgIpc) is 3.44. The van der Waals surface area contributed by atoms with Gasteiger partial charge in [0.25, 0.3) is 0 Å². The Balaban J connectivity index is 1.62. The van der Waals surface area contributed by atoms with Gasteiger partial charge in [0.15, 0.2) is 17.1 Å². The number of rotatable bonds is 10. The van der Waals surface area contributed by atoms with E-state index >= 15 is 0 Å². The molecule has 0 saturated heterocycles. The number of thiophene rings is 1. The summed E-state index contributed by atoms with van der Waals surface area (Å²) < 4.78 is 12.8. The van der Waals surface area contributed by atoms with Crippen molar-refractivity contribution in [3.63, 3.8) is 0 Å². The number of ether oxygens (including phenoxy) is 2. The lowest BCUT2D eigenvalue weighted by Crippen LogP contribution is -2.16. The summed E-state index contributed by atoms with van der Waals surface area (Å²) >= 11 is 2.55. The van der Waals surface area contributed by atoms with Gasteiger partial charge in [0.2, 0.25) is 5.91 Å². The van der Waals surface area contributed by atoms with Crippen molar-refractivity contribution in [3.8, 4) is 5.75 Å². The third-order valence-corrected chi connectivity index (χ3v) is 6.74. The molecule has 176 valence electrons.